The highest BCUT2D eigenvalue weighted by molar-refractivity contribution is 6.35. The molecule has 33 heavy (non-hydrogen) atoms. The highest BCUT2D eigenvalue weighted by Crippen LogP contribution is 2.30. The van der Waals surface area contributed by atoms with Crippen molar-refractivity contribution in [3.63, 3.8) is 0 Å². The molecule has 0 saturated carbocycles. The summed E-state index contributed by atoms with van der Waals surface area (Å²) in [5.41, 5.74) is -0.520. The summed E-state index contributed by atoms with van der Waals surface area (Å²) < 4.78 is 12.8. The molecule has 1 aliphatic heterocycles. The van der Waals surface area contributed by atoms with Gasteiger partial charge in [-0.3, -0.25) is 19.1 Å². The summed E-state index contributed by atoms with van der Waals surface area (Å²) in [7, 11) is 0. The molecule has 3 rings (SSSR count). The van der Waals surface area contributed by atoms with Crippen LogP contribution < -0.4 is 21.3 Å². The second-order valence-corrected chi connectivity index (χ2v) is 8.72. The number of halogens is 2. The van der Waals surface area contributed by atoms with Crippen LogP contribution in [0.1, 0.15) is 44.9 Å². The smallest absolute Gasteiger partial charge is 0.330 e. The number of rotatable bonds is 9. The molecule has 0 bridgehead atoms. The molecular formula is C22H27Cl2N3O6. The zero-order chi connectivity index (χ0) is 24.1. The molecule has 1 aliphatic rings. The number of H-pyrrole nitrogens is 1. The zero-order valence-electron chi connectivity index (χ0n) is 18.3. The number of hydrogen-bond donors (Lipinski definition) is 3. The molecule has 1 amide bonds. The molecule has 1 aromatic heterocycles. The van der Waals surface area contributed by atoms with E-state index < -0.39 is 35.8 Å². The third-order valence-electron chi connectivity index (χ3n) is 5.47. The van der Waals surface area contributed by atoms with Crippen molar-refractivity contribution in [2.45, 2.75) is 64.1 Å². The predicted molar refractivity (Wildman–Crippen MR) is 124 cm³/mol. The van der Waals surface area contributed by atoms with Gasteiger partial charge in [0.25, 0.3) is 11.5 Å². The fourth-order valence-electron chi connectivity index (χ4n) is 3.61. The number of nitrogens with one attached hydrogen (secondary N) is 2. The first-order chi connectivity index (χ1) is 15.7. The van der Waals surface area contributed by atoms with Crippen molar-refractivity contribution < 1.29 is 19.4 Å². The van der Waals surface area contributed by atoms with E-state index in [-0.39, 0.29) is 12.3 Å². The Bertz CT molecular complexity index is 1100. The second-order valence-electron chi connectivity index (χ2n) is 7.87. The van der Waals surface area contributed by atoms with E-state index in [0.717, 1.165) is 0 Å². The molecule has 11 heteroatoms. The highest BCUT2D eigenvalue weighted by atomic mass is 35.5. The van der Waals surface area contributed by atoms with Crippen LogP contribution in [0.25, 0.3) is 0 Å². The molecule has 1 saturated heterocycles. The molecule has 0 radical (unpaired) electrons. The quantitative estimate of drug-likeness (QED) is 0.455. The van der Waals surface area contributed by atoms with Crippen LogP contribution >= 0.6 is 23.2 Å². The molecule has 9 nitrogen and oxygen atoms in total. The summed E-state index contributed by atoms with van der Waals surface area (Å²) in [6, 6.07) is 4.76. The van der Waals surface area contributed by atoms with Crippen molar-refractivity contribution in [1.82, 2.24) is 14.9 Å². The first-order valence-electron chi connectivity index (χ1n) is 10.8. The lowest BCUT2D eigenvalue weighted by molar-refractivity contribution is -0.127. The van der Waals surface area contributed by atoms with Gasteiger partial charge >= 0.3 is 5.69 Å². The molecule has 1 fully saturated rings. The van der Waals surface area contributed by atoms with Gasteiger partial charge in [0.05, 0.1) is 17.2 Å². The van der Waals surface area contributed by atoms with Crippen LogP contribution in [-0.2, 0) is 16.0 Å². The van der Waals surface area contributed by atoms with Crippen LogP contribution in [0.5, 0.6) is 5.75 Å². The summed E-state index contributed by atoms with van der Waals surface area (Å²) in [5.74, 6) is 0.0552. The minimum Gasteiger partial charge on any atom is -0.479 e. The number of nitrogens with zero attached hydrogens (tertiary/aromatic N) is 1. The van der Waals surface area contributed by atoms with Crippen LogP contribution in [0.15, 0.2) is 34.0 Å². The summed E-state index contributed by atoms with van der Waals surface area (Å²) in [5, 5.41) is 13.9. The number of ether oxygens (including phenoxy) is 2. The van der Waals surface area contributed by atoms with E-state index >= 15 is 0 Å². The first kappa shape index (κ1) is 25.3. The first-order valence-corrected chi connectivity index (χ1v) is 11.5. The van der Waals surface area contributed by atoms with Gasteiger partial charge in [-0.1, -0.05) is 30.1 Å². The molecule has 1 aromatic carbocycles. The topological polar surface area (TPSA) is 123 Å². The summed E-state index contributed by atoms with van der Waals surface area (Å²) in [6.45, 7) is 3.79. The number of carbonyl (C=O) groups excluding carboxylic acids is 1. The number of carbonyl (C=O) groups is 1. The summed E-state index contributed by atoms with van der Waals surface area (Å²) in [4.78, 5) is 38.5. The van der Waals surface area contributed by atoms with Crippen LogP contribution in [0.2, 0.25) is 10.0 Å². The van der Waals surface area contributed by atoms with Crippen molar-refractivity contribution in [2.75, 3.05) is 6.54 Å². The van der Waals surface area contributed by atoms with Crippen molar-refractivity contribution in [1.29, 1.82) is 0 Å². The number of aromatic amines is 1. The molecule has 0 spiro atoms. The van der Waals surface area contributed by atoms with Crippen molar-refractivity contribution in [2.24, 2.45) is 0 Å². The van der Waals surface area contributed by atoms with E-state index in [1.807, 2.05) is 6.92 Å². The van der Waals surface area contributed by atoms with E-state index in [1.165, 1.54) is 16.8 Å². The third kappa shape index (κ3) is 6.38. The van der Waals surface area contributed by atoms with Gasteiger partial charge in [0.15, 0.2) is 6.10 Å². The number of aliphatic hydroxyl groups is 1. The molecule has 0 aliphatic carbocycles. The summed E-state index contributed by atoms with van der Waals surface area (Å²) >= 11 is 11.9. The number of aryl methyl sites for hydroxylation is 1. The predicted octanol–water partition coefficient (Wildman–Crippen LogP) is 2.42. The van der Waals surface area contributed by atoms with Gasteiger partial charge in [-0.05, 0) is 44.4 Å². The van der Waals surface area contributed by atoms with Crippen LogP contribution in [0, 0.1) is 0 Å². The largest absolute Gasteiger partial charge is 0.479 e. The van der Waals surface area contributed by atoms with Gasteiger partial charge < -0.3 is 19.9 Å². The highest BCUT2D eigenvalue weighted by Gasteiger charge is 2.35. The number of aliphatic hydroxyl groups excluding tert-OH is 1. The Balaban J connectivity index is 1.46. The lowest BCUT2D eigenvalue weighted by Gasteiger charge is -2.18. The zero-order valence-corrected chi connectivity index (χ0v) is 19.9. The molecular weight excluding hydrogens is 473 g/mol. The Hall–Kier alpha value is -2.33. The normalized spacial score (nSPS) is 21.1. The average Bonchev–Trinajstić information content (AvgIpc) is 3.13. The second kappa shape index (κ2) is 11.2. The molecule has 180 valence electrons. The van der Waals surface area contributed by atoms with E-state index in [9.17, 15) is 19.5 Å². The van der Waals surface area contributed by atoms with Gasteiger partial charge in [0.1, 0.15) is 12.0 Å². The standard InChI is InChI=1S/C22H27Cl2N3O6/c1-3-13-11-27(22(31)26-21(13)30)19-10-16(28)18(33-19)5-4-8-25-20(29)12(2)32-17-7-6-14(23)9-15(17)24/h6-7,9,11-12,16,18-19,28H,3-5,8,10H2,1-2H3,(H,25,29)(H,26,30,31)/t12-,16?,18-,19-/m0/s1. The molecule has 4 atom stereocenters. The van der Waals surface area contributed by atoms with Crippen LogP contribution in [0.4, 0.5) is 0 Å². The van der Waals surface area contributed by atoms with Crippen LogP contribution in [-0.4, -0.2) is 45.4 Å². The lowest BCUT2D eigenvalue weighted by Crippen LogP contribution is -2.37. The van der Waals surface area contributed by atoms with E-state index in [1.54, 1.807) is 19.1 Å². The molecule has 1 unspecified atom stereocenters. The van der Waals surface area contributed by atoms with Crippen molar-refractivity contribution >= 4 is 29.1 Å². The number of amides is 1. The minimum atomic E-state index is -0.763. The van der Waals surface area contributed by atoms with Gasteiger partial charge in [0.2, 0.25) is 0 Å². The third-order valence-corrected chi connectivity index (χ3v) is 6.00. The van der Waals surface area contributed by atoms with E-state index in [4.69, 9.17) is 32.7 Å². The Labute approximate surface area is 200 Å². The molecule has 2 aromatic rings. The van der Waals surface area contributed by atoms with E-state index in [0.29, 0.717) is 47.2 Å². The number of aromatic nitrogens is 2. The minimum absolute atomic E-state index is 0.235. The SMILES string of the molecule is CCc1cn([C@@H]2CC(O)[C@H](CCCNC(=O)[C@H](C)Oc3ccc(Cl)cc3Cl)O2)c(=O)[nH]c1=O. The summed E-state index contributed by atoms with van der Waals surface area (Å²) in [6.07, 6.45) is 0.549. The molecule has 2 heterocycles. The fourth-order valence-corrected chi connectivity index (χ4v) is 4.07. The average molecular weight is 500 g/mol. The Morgan fingerprint density at radius 2 is 2.15 bits per heavy atom. The maximum absolute atomic E-state index is 12.3. The lowest BCUT2D eigenvalue weighted by atomic mass is 10.1. The van der Waals surface area contributed by atoms with Gasteiger partial charge in [-0.15, -0.1) is 0 Å². The monoisotopic (exact) mass is 499 g/mol. The Kier molecular flexibility index (Phi) is 8.58. The van der Waals surface area contributed by atoms with Gasteiger partial charge in [-0.25, -0.2) is 4.79 Å². The maximum atomic E-state index is 12.3. The Morgan fingerprint density at radius 3 is 2.85 bits per heavy atom. The fraction of sp³-hybridized carbons (Fsp3) is 0.500. The van der Waals surface area contributed by atoms with Crippen molar-refractivity contribution in [3.8, 4) is 5.75 Å². The van der Waals surface area contributed by atoms with E-state index in [2.05, 4.69) is 10.3 Å². The van der Waals surface area contributed by atoms with Gasteiger partial charge in [-0.2, -0.15) is 0 Å². The van der Waals surface area contributed by atoms with Crippen molar-refractivity contribution in [3.05, 3.63) is 60.8 Å². The number of benzene rings is 1. The Morgan fingerprint density at radius 1 is 1.39 bits per heavy atom. The van der Waals surface area contributed by atoms with Crippen LogP contribution in [0.3, 0.4) is 0 Å². The number of hydrogen-bond acceptors (Lipinski definition) is 6. The van der Waals surface area contributed by atoms with Gasteiger partial charge in [0, 0.05) is 29.7 Å². The molecule has 3 N–H and O–H groups in total. The maximum Gasteiger partial charge on any atom is 0.330 e.